The largest absolute Gasteiger partial charge is 0.476 e. The van der Waals surface area contributed by atoms with Gasteiger partial charge in [-0.3, -0.25) is 0 Å². The SMILES string of the molecule is CCOCCc1nc(C(=O)O)co1. The van der Waals surface area contributed by atoms with Crippen molar-refractivity contribution in [2.24, 2.45) is 0 Å². The van der Waals surface area contributed by atoms with E-state index in [0.29, 0.717) is 25.5 Å². The molecule has 0 fully saturated rings. The monoisotopic (exact) mass is 185 g/mol. The highest BCUT2D eigenvalue weighted by Crippen LogP contribution is 2.02. The Morgan fingerprint density at radius 1 is 1.77 bits per heavy atom. The quantitative estimate of drug-likeness (QED) is 0.691. The summed E-state index contributed by atoms with van der Waals surface area (Å²) in [5, 5.41) is 8.52. The van der Waals surface area contributed by atoms with Crippen molar-refractivity contribution < 1.29 is 19.1 Å². The van der Waals surface area contributed by atoms with Crippen molar-refractivity contribution in [3.8, 4) is 0 Å². The third-order valence-electron chi connectivity index (χ3n) is 1.44. The number of carbonyl (C=O) groups is 1. The van der Waals surface area contributed by atoms with Crippen LogP contribution in [0, 0.1) is 0 Å². The summed E-state index contributed by atoms with van der Waals surface area (Å²) in [4.78, 5) is 14.1. The topological polar surface area (TPSA) is 72.6 Å². The number of aromatic nitrogens is 1. The Bertz CT molecular complexity index is 281. The van der Waals surface area contributed by atoms with E-state index in [1.807, 2.05) is 6.92 Å². The molecule has 0 spiro atoms. The molecule has 0 saturated carbocycles. The van der Waals surface area contributed by atoms with Gasteiger partial charge < -0.3 is 14.3 Å². The second kappa shape index (κ2) is 4.61. The molecule has 0 bridgehead atoms. The Hall–Kier alpha value is -1.36. The van der Waals surface area contributed by atoms with Crippen molar-refractivity contribution in [3.63, 3.8) is 0 Å². The number of oxazole rings is 1. The normalized spacial score (nSPS) is 10.2. The molecule has 0 saturated heterocycles. The molecule has 5 nitrogen and oxygen atoms in total. The molecule has 1 rings (SSSR count). The van der Waals surface area contributed by atoms with E-state index in [-0.39, 0.29) is 5.69 Å². The van der Waals surface area contributed by atoms with Gasteiger partial charge in [-0.2, -0.15) is 0 Å². The maximum atomic E-state index is 10.4. The van der Waals surface area contributed by atoms with Crippen molar-refractivity contribution in [1.82, 2.24) is 4.98 Å². The number of carboxylic acids is 1. The highest BCUT2D eigenvalue weighted by atomic mass is 16.5. The molecular weight excluding hydrogens is 174 g/mol. The van der Waals surface area contributed by atoms with Crippen LogP contribution in [0.2, 0.25) is 0 Å². The van der Waals surface area contributed by atoms with Crippen molar-refractivity contribution in [2.45, 2.75) is 13.3 Å². The number of hydrogen-bond acceptors (Lipinski definition) is 4. The average molecular weight is 185 g/mol. The minimum atomic E-state index is -1.08. The lowest BCUT2D eigenvalue weighted by Crippen LogP contribution is -2.00. The summed E-state index contributed by atoms with van der Waals surface area (Å²) in [6, 6.07) is 0. The number of aromatic carboxylic acids is 1. The Morgan fingerprint density at radius 3 is 3.08 bits per heavy atom. The number of nitrogens with zero attached hydrogens (tertiary/aromatic N) is 1. The smallest absolute Gasteiger partial charge is 0.357 e. The summed E-state index contributed by atoms with van der Waals surface area (Å²) in [6.07, 6.45) is 1.63. The van der Waals surface area contributed by atoms with E-state index in [4.69, 9.17) is 14.3 Å². The van der Waals surface area contributed by atoms with Gasteiger partial charge in [0.25, 0.3) is 0 Å². The number of rotatable bonds is 5. The maximum absolute atomic E-state index is 10.4. The van der Waals surface area contributed by atoms with Crippen LogP contribution in [0.25, 0.3) is 0 Å². The molecule has 72 valence electrons. The second-order valence-corrected chi connectivity index (χ2v) is 2.38. The standard InChI is InChI=1S/C8H11NO4/c1-2-12-4-3-7-9-6(5-13-7)8(10)11/h5H,2-4H2,1H3,(H,10,11). The Kier molecular flexibility index (Phi) is 3.45. The molecule has 1 aromatic rings. The fourth-order valence-electron chi connectivity index (χ4n) is 0.828. The zero-order chi connectivity index (χ0) is 9.68. The first kappa shape index (κ1) is 9.73. The van der Waals surface area contributed by atoms with Gasteiger partial charge in [-0.05, 0) is 6.92 Å². The van der Waals surface area contributed by atoms with E-state index < -0.39 is 5.97 Å². The van der Waals surface area contributed by atoms with Crippen molar-refractivity contribution in [1.29, 1.82) is 0 Å². The van der Waals surface area contributed by atoms with Crippen LogP contribution in [-0.2, 0) is 11.2 Å². The van der Waals surface area contributed by atoms with Gasteiger partial charge in [-0.1, -0.05) is 0 Å². The van der Waals surface area contributed by atoms with Gasteiger partial charge in [0.05, 0.1) is 6.61 Å². The lowest BCUT2D eigenvalue weighted by molar-refractivity contribution is 0.0690. The summed E-state index contributed by atoms with van der Waals surface area (Å²) in [5.74, 6) is -0.683. The molecule has 1 heterocycles. The van der Waals surface area contributed by atoms with Crippen molar-refractivity contribution >= 4 is 5.97 Å². The molecule has 13 heavy (non-hydrogen) atoms. The van der Waals surface area contributed by atoms with Gasteiger partial charge in [0.2, 0.25) is 0 Å². The molecule has 0 aliphatic rings. The van der Waals surface area contributed by atoms with Crippen molar-refractivity contribution in [3.05, 3.63) is 17.8 Å². The van der Waals surface area contributed by atoms with Crippen LogP contribution in [-0.4, -0.2) is 29.3 Å². The fraction of sp³-hybridized carbons (Fsp3) is 0.500. The van der Waals surface area contributed by atoms with Gasteiger partial charge in [-0.15, -0.1) is 0 Å². The first-order chi connectivity index (χ1) is 6.24. The molecule has 0 unspecified atom stereocenters. The number of carboxylic acid groups (broad SMARTS) is 1. The molecule has 0 atom stereocenters. The maximum Gasteiger partial charge on any atom is 0.357 e. The van der Waals surface area contributed by atoms with E-state index in [0.717, 1.165) is 6.26 Å². The average Bonchev–Trinajstić information content (AvgIpc) is 2.53. The summed E-state index contributed by atoms with van der Waals surface area (Å²) in [5.41, 5.74) is -0.0634. The van der Waals surface area contributed by atoms with Gasteiger partial charge in [0.1, 0.15) is 6.26 Å². The Morgan fingerprint density at radius 2 is 2.54 bits per heavy atom. The predicted molar refractivity (Wildman–Crippen MR) is 43.7 cm³/mol. The summed E-state index contributed by atoms with van der Waals surface area (Å²) in [6.45, 7) is 3.01. The molecule has 0 radical (unpaired) electrons. The molecule has 0 aliphatic carbocycles. The Balaban J connectivity index is 2.44. The van der Waals surface area contributed by atoms with E-state index in [1.54, 1.807) is 0 Å². The molecular formula is C8H11NO4. The van der Waals surface area contributed by atoms with Crippen LogP contribution in [0.4, 0.5) is 0 Å². The zero-order valence-corrected chi connectivity index (χ0v) is 7.32. The van der Waals surface area contributed by atoms with E-state index in [1.165, 1.54) is 0 Å². The van der Waals surface area contributed by atoms with E-state index in [9.17, 15) is 4.79 Å². The molecule has 1 N–H and O–H groups in total. The third kappa shape index (κ3) is 2.87. The van der Waals surface area contributed by atoms with Gasteiger partial charge in [0.15, 0.2) is 11.6 Å². The summed E-state index contributed by atoms with van der Waals surface area (Å²) >= 11 is 0. The summed E-state index contributed by atoms with van der Waals surface area (Å²) < 4.78 is 9.96. The van der Waals surface area contributed by atoms with Gasteiger partial charge >= 0.3 is 5.97 Å². The van der Waals surface area contributed by atoms with Crippen LogP contribution >= 0.6 is 0 Å². The molecule has 0 aliphatic heterocycles. The van der Waals surface area contributed by atoms with E-state index >= 15 is 0 Å². The van der Waals surface area contributed by atoms with Crippen molar-refractivity contribution in [2.75, 3.05) is 13.2 Å². The molecule has 5 heteroatoms. The lowest BCUT2D eigenvalue weighted by atomic mass is 10.4. The fourth-order valence-corrected chi connectivity index (χ4v) is 0.828. The first-order valence-electron chi connectivity index (χ1n) is 3.99. The highest BCUT2D eigenvalue weighted by Gasteiger charge is 2.09. The van der Waals surface area contributed by atoms with Crippen LogP contribution < -0.4 is 0 Å². The van der Waals surface area contributed by atoms with Gasteiger partial charge in [-0.25, -0.2) is 9.78 Å². The minimum absolute atomic E-state index is 0.0634. The number of ether oxygens (including phenoxy) is 1. The molecule has 0 aromatic carbocycles. The number of hydrogen-bond donors (Lipinski definition) is 1. The summed E-state index contributed by atoms with van der Waals surface area (Å²) in [7, 11) is 0. The predicted octanol–water partition coefficient (Wildman–Crippen LogP) is 0.952. The first-order valence-corrected chi connectivity index (χ1v) is 3.99. The highest BCUT2D eigenvalue weighted by molar-refractivity contribution is 5.84. The minimum Gasteiger partial charge on any atom is -0.476 e. The van der Waals surface area contributed by atoms with Crippen LogP contribution in [0.1, 0.15) is 23.3 Å². The second-order valence-electron chi connectivity index (χ2n) is 2.38. The van der Waals surface area contributed by atoms with Gasteiger partial charge in [0, 0.05) is 13.0 Å². The van der Waals surface area contributed by atoms with Crippen LogP contribution in [0.3, 0.4) is 0 Å². The van der Waals surface area contributed by atoms with E-state index in [2.05, 4.69) is 4.98 Å². The van der Waals surface area contributed by atoms with Crippen LogP contribution in [0.15, 0.2) is 10.7 Å². The van der Waals surface area contributed by atoms with Crippen LogP contribution in [0.5, 0.6) is 0 Å². The zero-order valence-electron chi connectivity index (χ0n) is 7.32. The Labute approximate surface area is 75.3 Å². The molecule has 1 aromatic heterocycles. The molecule has 0 amide bonds. The lowest BCUT2D eigenvalue weighted by Gasteiger charge is -1.95. The third-order valence-corrected chi connectivity index (χ3v) is 1.44.